The van der Waals surface area contributed by atoms with Crippen LogP contribution in [0.4, 0.5) is 13.2 Å². The van der Waals surface area contributed by atoms with Gasteiger partial charge in [-0.1, -0.05) is 0 Å². The minimum Gasteiger partial charge on any atom is -0.374 e. The Hall–Kier alpha value is -0.580. The lowest BCUT2D eigenvalue weighted by Crippen LogP contribution is -2.11. The molecule has 0 aliphatic heterocycles. The molecule has 78 valence electrons. The molecular formula is C8H13F3O2. The lowest BCUT2D eigenvalue weighted by Gasteiger charge is -2.04. The summed E-state index contributed by atoms with van der Waals surface area (Å²) >= 11 is 0. The lowest BCUT2D eigenvalue weighted by atomic mass is 10.2. The van der Waals surface area contributed by atoms with Crippen LogP contribution in [0.3, 0.4) is 0 Å². The number of hydrogen-bond donors (Lipinski definition) is 0. The van der Waals surface area contributed by atoms with Gasteiger partial charge in [0.25, 0.3) is 0 Å². The fraction of sp³-hybridized carbons (Fsp3) is 0.875. The van der Waals surface area contributed by atoms with E-state index in [9.17, 15) is 18.0 Å². The molecule has 0 saturated heterocycles. The highest BCUT2D eigenvalue weighted by atomic mass is 19.4. The predicted octanol–water partition coefficient (Wildman–Crippen LogP) is 2.32. The van der Waals surface area contributed by atoms with E-state index in [1.54, 1.807) is 6.92 Å². The third kappa shape index (κ3) is 9.33. The second-order valence-electron chi connectivity index (χ2n) is 2.64. The fourth-order valence-electron chi connectivity index (χ4n) is 0.774. The van der Waals surface area contributed by atoms with Crippen molar-refractivity contribution in [2.45, 2.75) is 32.4 Å². The maximum atomic E-state index is 11.6. The van der Waals surface area contributed by atoms with Crippen LogP contribution >= 0.6 is 0 Å². The standard InChI is InChI=1S/C8H13F3O2/c1-2-13-6-7(12)4-3-5-8(9,10)11/h2-6H2,1H3. The van der Waals surface area contributed by atoms with Crippen molar-refractivity contribution in [2.24, 2.45) is 0 Å². The van der Waals surface area contributed by atoms with Gasteiger partial charge in [-0.3, -0.25) is 4.79 Å². The Morgan fingerprint density at radius 3 is 2.46 bits per heavy atom. The first-order valence-electron chi connectivity index (χ1n) is 4.12. The number of Topliss-reactive ketones (excluding diaryl/α,β-unsaturated/α-hetero) is 1. The molecule has 0 amide bonds. The number of halogens is 3. The Bertz CT molecular complexity index is 154. The van der Waals surface area contributed by atoms with Crippen LogP contribution in [0, 0.1) is 0 Å². The van der Waals surface area contributed by atoms with Crippen molar-refractivity contribution in [3.63, 3.8) is 0 Å². The highest BCUT2D eigenvalue weighted by Crippen LogP contribution is 2.22. The van der Waals surface area contributed by atoms with Crippen molar-refractivity contribution in [3.05, 3.63) is 0 Å². The van der Waals surface area contributed by atoms with Gasteiger partial charge in [-0.25, -0.2) is 0 Å². The van der Waals surface area contributed by atoms with E-state index in [-0.39, 0.29) is 25.2 Å². The molecule has 0 atom stereocenters. The van der Waals surface area contributed by atoms with Crippen LogP contribution in [-0.2, 0) is 9.53 Å². The maximum absolute atomic E-state index is 11.6. The van der Waals surface area contributed by atoms with Crippen molar-refractivity contribution >= 4 is 5.78 Å². The van der Waals surface area contributed by atoms with Crippen molar-refractivity contribution in [3.8, 4) is 0 Å². The van der Waals surface area contributed by atoms with E-state index in [2.05, 4.69) is 0 Å². The van der Waals surface area contributed by atoms with Gasteiger partial charge in [-0.15, -0.1) is 0 Å². The maximum Gasteiger partial charge on any atom is 0.389 e. The number of ether oxygens (including phenoxy) is 1. The van der Waals surface area contributed by atoms with Crippen LogP contribution < -0.4 is 0 Å². The third-order valence-corrected chi connectivity index (χ3v) is 1.38. The number of ketones is 1. The van der Waals surface area contributed by atoms with Crippen LogP contribution in [0.5, 0.6) is 0 Å². The molecule has 0 radical (unpaired) electrons. The smallest absolute Gasteiger partial charge is 0.374 e. The Morgan fingerprint density at radius 2 is 2.00 bits per heavy atom. The number of hydrogen-bond acceptors (Lipinski definition) is 2. The van der Waals surface area contributed by atoms with Gasteiger partial charge in [-0.2, -0.15) is 13.2 Å². The van der Waals surface area contributed by atoms with E-state index >= 15 is 0 Å². The van der Waals surface area contributed by atoms with Crippen LogP contribution in [0.15, 0.2) is 0 Å². The molecule has 0 rings (SSSR count). The molecule has 0 saturated carbocycles. The molecular weight excluding hydrogens is 185 g/mol. The minimum atomic E-state index is -4.16. The van der Waals surface area contributed by atoms with E-state index < -0.39 is 12.6 Å². The normalized spacial score (nSPS) is 11.7. The molecule has 0 heterocycles. The second kappa shape index (κ2) is 5.96. The largest absolute Gasteiger partial charge is 0.389 e. The number of carbonyl (C=O) groups excluding carboxylic acids is 1. The van der Waals surface area contributed by atoms with Gasteiger partial charge in [0, 0.05) is 19.4 Å². The van der Waals surface area contributed by atoms with Crippen molar-refractivity contribution in [1.29, 1.82) is 0 Å². The average molecular weight is 198 g/mol. The average Bonchev–Trinajstić information content (AvgIpc) is 1.98. The molecule has 0 bridgehead atoms. The van der Waals surface area contributed by atoms with Gasteiger partial charge >= 0.3 is 6.18 Å². The molecule has 0 aromatic rings. The van der Waals surface area contributed by atoms with Gasteiger partial charge in [0.15, 0.2) is 5.78 Å². The molecule has 0 aliphatic rings. The molecule has 0 fully saturated rings. The van der Waals surface area contributed by atoms with Gasteiger partial charge < -0.3 is 4.74 Å². The Balaban J connectivity index is 3.37. The molecule has 0 N–H and O–H groups in total. The number of carbonyl (C=O) groups is 1. The molecule has 0 spiro atoms. The van der Waals surface area contributed by atoms with Gasteiger partial charge in [0.2, 0.25) is 0 Å². The first-order chi connectivity index (χ1) is 5.95. The van der Waals surface area contributed by atoms with Gasteiger partial charge in [0.1, 0.15) is 6.61 Å². The van der Waals surface area contributed by atoms with E-state index in [1.807, 2.05) is 0 Å². The lowest BCUT2D eigenvalue weighted by molar-refractivity contribution is -0.137. The Morgan fingerprint density at radius 1 is 1.38 bits per heavy atom. The van der Waals surface area contributed by atoms with Crippen LogP contribution in [0.2, 0.25) is 0 Å². The Labute approximate surface area is 75.1 Å². The number of alkyl halides is 3. The zero-order valence-corrected chi connectivity index (χ0v) is 7.49. The van der Waals surface area contributed by atoms with Crippen molar-refractivity contribution < 1.29 is 22.7 Å². The van der Waals surface area contributed by atoms with Crippen LogP contribution in [-0.4, -0.2) is 25.2 Å². The first-order valence-corrected chi connectivity index (χ1v) is 4.12. The van der Waals surface area contributed by atoms with Gasteiger partial charge in [0.05, 0.1) is 0 Å². The van der Waals surface area contributed by atoms with E-state index in [1.165, 1.54) is 0 Å². The molecule has 13 heavy (non-hydrogen) atoms. The first kappa shape index (κ1) is 12.4. The van der Waals surface area contributed by atoms with Crippen molar-refractivity contribution in [1.82, 2.24) is 0 Å². The van der Waals surface area contributed by atoms with Crippen LogP contribution in [0.1, 0.15) is 26.2 Å². The molecule has 5 heteroatoms. The molecule has 0 aromatic heterocycles. The summed E-state index contributed by atoms with van der Waals surface area (Å²) in [5.41, 5.74) is 0. The van der Waals surface area contributed by atoms with E-state index in [4.69, 9.17) is 4.74 Å². The summed E-state index contributed by atoms with van der Waals surface area (Å²) < 4.78 is 39.6. The molecule has 0 aromatic carbocycles. The predicted molar refractivity (Wildman–Crippen MR) is 41.4 cm³/mol. The molecule has 0 aliphatic carbocycles. The topological polar surface area (TPSA) is 26.3 Å². The Kier molecular flexibility index (Phi) is 5.70. The fourth-order valence-corrected chi connectivity index (χ4v) is 0.774. The summed E-state index contributed by atoms with van der Waals surface area (Å²) in [5, 5.41) is 0. The highest BCUT2D eigenvalue weighted by Gasteiger charge is 2.26. The summed E-state index contributed by atoms with van der Waals surface area (Å²) in [4.78, 5) is 10.8. The number of rotatable bonds is 6. The van der Waals surface area contributed by atoms with Gasteiger partial charge in [-0.05, 0) is 13.3 Å². The molecule has 0 unspecified atom stereocenters. The van der Waals surface area contributed by atoms with Crippen LogP contribution in [0.25, 0.3) is 0 Å². The molecule has 2 nitrogen and oxygen atoms in total. The van der Waals surface area contributed by atoms with E-state index in [0.29, 0.717) is 6.61 Å². The summed E-state index contributed by atoms with van der Waals surface area (Å²) in [6, 6.07) is 0. The SMILES string of the molecule is CCOCC(=O)CCCC(F)(F)F. The highest BCUT2D eigenvalue weighted by molar-refractivity contribution is 5.79. The zero-order chi connectivity index (χ0) is 10.3. The van der Waals surface area contributed by atoms with E-state index in [0.717, 1.165) is 0 Å². The monoisotopic (exact) mass is 198 g/mol. The van der Waals surface area contributed by atoms with Crippen molar-refractivity contribution in [2.75, 3.05) is 13.2 Å². The third-order valence-electron chi connectivity index (χ3n) is 1.38. The second-order valence-corrected chi connectivity index (χ2v) is 2.64. The summed E-state index contributed by atoms with van der Waals surface area (Å²) in [7, 11) is 0. The summed E-state index contributed by atoms with van der Waals surface area (Å²) in [5.74, 6) is -0.272. The zero-order valence-electron chi connectivity index (χ0n) is 7.49. The quantitative estimate of drug-likeness (QED) is 0.654. The minimum absolute atomic E-state index is 0.0560. The summed E-state index contributed by atoms with van der Waals surface area (Å²) in [6.07, 6.45) is -5.26. The summed E-state index contributed by atoms with van der Waals surface area (Å²) in [6.45, 7) is 2.06.